The maximum atomic E-state index is 12.2. The number of hydrogen-bond acceptors (Lipinski definition) is 4. The average Bonchev–Trinajstić information content (AvgIpc) is 3.32. The monoisotopic (exact) mass is 432 g/mol. The van der Waals surface area contributed by atoms with Crippen LogP contribution in [0.25, 0.3) is 0 Å². The molecule has 2 heterocycles. The van der Waals surface area contributed by atoms with E-state index >= 15 is 0 Å². The van der Waals surface area contributed by atoms with Crippen molar-refractivity contribution in [2.75, 3.05) is 0 Å². The summed E-state index contributed by atoms with van der Waals surface area (Å²) in [7, 11) is 0. The molecule has 1 N–H and O–H groups in total. The predicted octanol–water partition coefficient (Wildman–Crippen LogP) is 5.71. The summed E-state index contributed by atoms with van der Waals surface area (Å²) >= 11 is 0. The molecule has 0 amide bonds. The van der Waals surface area contributed by atoms with Crippen LogP contribution in [-0.4, -0.2) is 29.1 Å². The van der Waals surface area contributed by atoms with E-state index in [0.717, 1.165) is 30.6 Å². The number of aliphatic hydroxyl groups is 1. The van der Waals surface area contributed by atoms with Gasteiger partial charge in [-0.05, 0) is 79.4 Å². The van der Waals surface area contributed by atoms with Gasteiger partial charge in [0, 0.05) is 11.8 Å². The van der Waals surface area contributed by atoms with Crippen LogP contribution in [0.3, 0.4) is 0 Å². The van der Waals surface area contributed by atoms with Crippen LogP contribution in [0, 0.1) is 46.3 Å². The third-order valence-electron chi connectivity index (χ3n) is 11.0. The van der Waals surface area contributed by atoms with E-state index < -0.39 is 18.0 Å². The summed E-state index contributed by atoms with van der Waals surface area (Å²) in [6, 6.07) is 0. The van der Waals surface area contributed by atoms with Gasteiger partial charge in [0.05, 0.1) is 6.10 Å². The minimum absolute atomic E-state index is 0.155. The molecule has 0 unspecified atom stereocenters. The van der Waals surface area contributed by atoms with E-state index in [9.17, 15) is 9.90 Å². The maximum absolute atomic E-state index is 12.2. The zero-order chi connectivity index (χ0) is 22.2. The standard InChI is InChI=1S/C27H44O4/c1-16(2)7-6-8-17(3)19-9-10-20-18-15-22(28)27-24(31-27)30-23(29)12-14-26(27,5)21(18)11-13-25(19,20)4/h16-22,24,28H,6-15H2,1-5H3/t17-,18+,19-,20+,21+,22-,24-,25-,26-,27+/m1/s1. The van der Waals surface area contributed by atoms with E-state index in [1.54, 1.807) is 0 Å². The Balaban J connectivity index is 1.37. The molecule has 0 bridgehead atoms. The Kier molecular flexibility index (Phi) is 5.33. The van der Waals surface area contributed by atoms with Crippen molar-refractivity contribution in [2.24, 2.45) is 46.3 Å². The molecule has 5 fully saturated rings. The zero-order valence-corrected chi connectivity index (χ0v) is 20.4. The van der Waals surface area contributed by atoms with Crippen LogP contribution in [0.5, 0.6) is 0 Å². The average molecular weight is 433 g/mol. The second-order valence-corrected chi connectivity index (χ2v) is 12.8. The van der Waals surface area contributed by atoms with E-state index in [-0.39, 0.29) is 11.4 Å². The number of hydrogen-bond donors (Lipinski definition) is 1. The van der Waals surface area contributed by atoms with Gasteiger partial charge in [-0.25, -0.2) is 0 Å². The van der Waals surface area contributed by atoms with Gasteiger partial charge < -0.3 is 14.6 Å². The molecular weight excluding hydrogens is 388 g/mol. The molecule has 0 aromatic carbocycles. The first kappa shape index (κ1) is 22.2. The van der Waals surface area contributed by atoms with Crippen molar-refractivity contribution in [2.45, 2.75) is 117 Å². The van der Waals surface area contributed by atoms with E-state index in [1.165, 1.54) is 44.9 Å². The molecule has 4 heteroatoms. The SMILES string of the molecule is CC(C)CCC[C@@H](C)[C@H]1CC[C@H]2[C@@H]3C[C@@H](O)[C@]45O[C@H]4OC(=O)CC[C@]5(C)[C@H]3CC[C@]12C. The van der Waals surface area contributed by atoms with Gasteiger partial charge in [0.15, 0.2) is 5.60 Å². The highest BCUT2D eigenvalue weighted by Gasteiger charge is 2.79. The van der Waals surface area contributed by atoms with Gasteiger partial charge in [0.2, 0.25) is 6.29 Å². The van der Waals surface area contributed by atoms with E-state index in [4.69, 9.17) is 9.47 Å². The molecule has 3 aliphatic carbocycles. The fourth-order valence-electron chi connectivity index (χ4n) is 9.35. The first-order valence-corrected chi connectivity index (χ1v) is 13.2. The highest BCUT2D eigenvalue weighted by molar-refractivity contribution is 5.70. The third kappa shape index (κ3) is 3.10. The Morgan fingerprint density at radius 1 is 1.06 bits per heavy atom. The zero-order valence-electron chi connectivity index (χ0n) is 20.4. The van der Waals surface area contributed by atoms with E-state index in [2.05, 4.69) is 34.6 Å². The Bertz CT molecular complexity index is 720. The Labute approximate surface area is 188 Å². The summed E-state index contributed by atoms with van der Waals surface area (Å²) in [5.41, 5.74) is -0.398. The van der Waals surface area contributed by atoms with Crippen LogP contribution in [0.2, 0.25) is 0 Å². The van der Waals surface area contributed by atoms with Crippen LogP contribution in [0.1, 0.15) is 98.8 Å². The summed E-state index contributed by atoms with van der Waals surface area (Å²) in [6.07, 6.45) is 10.3. The predicted molar refractivity (Wildman–Crippen MR) is 120 cm³/mol. The molecule has 2 saturated heterocycles. The van der Waals surface area contributed by atoms with Crippen molar-refractivity contribution >= 4 is 5.97 Å². The fourth-order valence-corrected chi connectivity index (χ4v) is 9.35. The van der Waals surface area contributed by atoms with Crippen LogP contribution < -0.4 is 0 Å². The molecule has 0 aromatic rings. The lowest BCUT2D eigenvalue weighted by molar-refractivity contribution is -0.159. The lowest BCUT2D eigenvalue weighted by atomic mass is 9.45. The lowest BCUT2D eigenvalue weighted by Gasteiger charge is -2.59. The number of carbonyl (C=O) groups excluding carboxylic acids is 1. The fraction of sp³-hybridized carbons (Fsp3) is 0.963. The van der Waals surface area contributed by atoms with Crippen LogP contribution in [0.15, 0.2) is 0 Å². The lowest BCUT2D eigenvalue weighted by Crippen LogP contribution is -2.61. The van der Waals surface area contributed by atoms with Crippen molar-refractivity contribution in [3.63, 3.8) is 0 Å². The highest BCUT2D eigenvalue weighted by Crippen LogP contribution is 2.72. The number of rotatable bonds is 5. The van der Waals surface area contributed by atoms with Gasteiger partial charge in [-0.2, -0.15) is 0 Å². The summed E-state index contributed by atoms with van der Waals surface area (Å²) in [5, 5.41) is 11.4. The molecule has 0 aromatic heterocycles. The number of esters is 1. The molecule has 2 aliphatic heterocycles. The quantitative estimate of drug-likeness (QED) is 0.446. The van der Waals surface area contributed by atoms with Gasteiger partial charge >= 0.3 is 5.97 Å². The normalized spacial score (nSPS) is 51.8. The number of carbonyl (C=O) groups is 1. The summed E-state index contributed by atoms with van der Waals surface area (Å²) in [5.74, 6) is 4.04. The third-order valence-corrected chi connectivity index (χ3v) is 11.0. The Morgan fingerprint density at radius 2 is 1.84 bits per heavy atom. The second-order valence-electron chi connectivity index (χ2n) is 12.8. The molecule has 5 aliphatic rings. The smallest absolute Gasteiger partial charge is 0.308 e. The maximum Gasteiger partial charge on any atom is 0.308 e. The Morgan fingerprint density at radius 3 is 2.58 bits per heavy atom. The van der Waals surface area contributed by atoms with Gasteiger partial charge in [0.1, 0.15) is 0 Å². The largest absolute Gasteiger partial charge is 0.432 e. The minimum Gasteiger partial charge on any atom is -0.432 e. The van der Waals surface area contributed by atoms with Crippen molar-refractivity contribution in [3.8, 4) is 0 Å². The number of epoxide rings is 1. The summed E-state index contributed by atoms with van der Waals surface area (Å²) in [4.78, 5) is 12.2. The van der Waals surface area contributed by atoms with Crippen molar-refractivity contribution in [3.05, 3.63) is 0 Å². The molecule has 176 valence electrons. The molecule has 3 saturated carbocycles. The minimum atomic E-state index is -0.643. The number of fused-ring (bicyclic) bond motifs is 4. The van der Waals surface area contributed by atoms with Gasteiger partial charge in [0.25, 0.3) is 0 Å². The second kappa shape index (κ2) is 7.45. The molecule has 31 heavy (non-hydrogen) atoms. The topological polar surface area (TPSA) is 59.1 Å². The highest BCUT2D eigenvalue weighted by atomic mass is 16.8. The Hall–Kier alpha value is -0.610. The van der Waals surface area contributed by atoms with Crippen molar-refractivity contribution < 1.29 is 19.4 Å². The van der Waals surface area contributed by atoms with Gasteiger partial charge in [-0.15, -0.1) is 0 Å². The van der Waals surface area contributed by atoms with Crippen LogP contribution in [0.4, 0.5) is 0 Å². The molecule has 5 rings (SSSR count). The van der Waals surface area contributed by atoms with Gasteiger partial charge in [-0.1, -0.05) is 53.9 Å². The van der Waals surface area contributed by atoms with Crippen LogP contribution >= 0.6 is 0 Å². The van der Waals surface area contributed by atoms with E-state index in [1.807, 2.05) is 0 Å². The molecule has 0 radical (unpaired) electrons. The summed E-state index contributed by atoms with van der Waals surface area (Å²) < 4.78 is 11.6. The molecule has 4 nitrogen and oxygen atoms in total. The molecule has 1 spiro atoms. The van der Waals surface area contributed by atoms with Gasteiger partial charge in [-0.3, -0.25) is 4.79 Å². The van der Waals surface area contributed by atoms with Crippen LogP contribution in [-0.2, 0) is 14.3 Å². The first-order valence-electron chi connectivity index (χ1n) is 13.2. The number of ether oxygens (including phenoxy) is 2. The van der Waals surface area contributed by atoms with Crippen molar-refractivity contribution in [1.29, 1.82) is 0 Å². The van der Waals surface area contributed by atoms with Crippen molar-refractivity contribution in [1.82, 2.24) is 0 Å². The molecular formula is C27H44O4. The first-order chi connectivity index (χ1) is 14.6. The summed E-state index contributed by atoms with van der Waals surface area (Å²) in [6.45, 7) is 12.1. The molecule has 10 atom stereocenters. The van der Waals surface area contributed by atoms with E-state index in [0.29, 0.717) is 29.6 Å². The number of aliphatic hydroxyl groups excluding tert-OH is 1.